The van der Waals surface area contributed by atoms with Crippen LogP contribution in [-0.2, 0) is 10.4 Å². The molecular weight excluding hydrogens is 304 g/mol. The van der Waals surface area contributed by atoms with E-state index in [1.54, 1.807) is 0 Å². The van der Waals surface area contributed by atoms with Gasteiger partial charge in [-0.1, -0.05) is 0 Å². The Hall–Kier alpha value is -2.77. The Balaban J connectivity index is 0.000000296. The Morgan fingerprint density at radius 1 is 0.714 bits per heavy atom. The van der Waals surface area contributed by atoms with Gasteiger partial charge < -0.3 is 22.9 Å². The highest BCUT2D eigenvalue weighted by Crippen LogP contribution is 1.98. The number of anilines is 4. The van der Waals surface area contributed by atoms with E-state index in [9.17, 15) is 0 Å². The van der Waals surface area contributed by atoms with Gasteiger partial charge in [0, 0.05) is 12.1 Å². The highest BCUT2D eigenvalue weighted by atomic mass is 32.3. The molecule has 0 unspecified atom stereocenters. The topological polar surface area (TPSA) is 230 Å². The molecule has 0 bridgehead atoms. The first-order valence-electron chi connectivity index (χ1n) is 4.94. The van der Waals surface area contributed by atoms with Crippen LogP contribution in [0.3, 0.4) is 0 Å². The van der Waals surface area contributed by atoms with Gasteiger partial charge in [0.05, 0.1) is 0 Å². The number of rotatable bonds is 0. The minimum absolute atomic E-state index is 0.400. The van der Waals surface area contributed by atoms with Crippen LogP contribution in [-0.4, -0.2) is 37.5 Å². The van der Waals surface area contributed by atoms with Crippen LogP contribution in [0, 0.1) is 0 Å². The molecule has 2 aromatic rings. The summed E-state index contributed by atoms with van der Waals surface area (Å²) < 4.78 is 31.6. The maximum absolute atomic E-state index is 8.74. The van der Waals surface area contributed by atoms with Crippen molar-refractivity contribution in [2.45, 2.75) is 0 Å². The van der Waals surface area contributed by atoms with Crippen LogP contribution in [0.5, 0.6) is 0 Å². The first-order chi connectivity index (χ1) is 9.58. The summed E-state index contributed by atoms with van der Waals surface area (Å²) in [6.45, 7) is 0. The highest BCUT2D eigenvalue weighted by molar-refractivity contribution is 7.79. The zero-order valence-electron chi connectivity index (χ0n) is 10.5. The summed E-state index contributed by atoms with van der Waals surface area (Å²) in [6.07, 6.45) is 2.65. The van der Waals surface area contributed by atoms with E-state index in [1.807, 2.05) is 0 Å². The van der Waals surface area contributed by atoms with Crippen molar-refractivity contribution in [1.29, 1.82) is 0 Å². The Kier molecular flexibility index (Phi) is 7.30. The molecule has 2 heterocycles. The zero-order chi connectivity index (χ0) is 16.5. The van der Waals surface area contributed by atoms with Crippen LogP contribution >= 0.6 is 0 Å². The van der Waals surface area contributed by atoms with Crippen molar-refractivity contribution in [2.75, 3.05) is 22.9 Å². The lowest BCUT2D eigenvalue weighted by atomic mass is 10.5. The van der Waals surface area contributed by atoms with Crippen LogP contribution < -0.4 is 22.9 Å². The lowest BCUT2D eigenvalue weighted by Gasteiger charge is -1.89. The minimum atomic E-state index is -4.67. The van der Waals surface area contributed by atoms with E-state index in [0.717, 1.165) is 0 Å². The van der Waals surface area contributed by atoms with E-state index >= 15 is 0 Å². The molecule has 21 heavy (non-hydrogen) atoms. The van der Waals surface area contributed by atoms with Gasteiger partial charge in [0.2, 0.25) is 0 Å². The lowest BCUT2D eigenvalue weighted by Crippen LogP contribution is -1.94. The lowest BCUT2D eigenvalue weighted by molar-refractivity contribution is 0.381. The maximum Gasteiger partial charge on any atom is 0.394 e. The molecular formula is C8H14N8O4S. The zero-order valence-corrected chi connectivity index (χ0v) is 11.3. The van der Waals surface area contributed by atoms with Gasteiger partial charge in [0.1, 0.15) is 35.9 Å². The van der Waals surface area contributed by atoms with Crippen LogP contribution in [0.2, 0.25) is 0 Å². The van der Waals surface area contributed by atoms with Crippen molar-refractivity contribution in [3.8, 4) is 0 Å². The molecule has 0 atom stereocenters. The van der Waals surface area contributed by atoms with Crippen LogP contribution in [0.25, 0.3) is 0 Å². The summed E-state index contributed by atoms with van der Waals surface area (Å²) in [5.74, 6) is 1.60. The Morgan fingerprint density at radius 2 is 0.905 bits per heavy atom. The molecule has 10 N–H and O–H groups in total. The van der Waals surface area contributed by atoms with E-state index < -0.39 is 10.4 Å². The predicted octanol–water partition coefficient (Wildman–Crippen LogP) is -1.37. The third-order valence-corrected chi connectivity index (χ3v) is 1.42. The second kappa shape index (κ2) is 8.41. The first kappa shape index (κ1) is 18.2. The highest BCUT2D eigenvalue weighted by Gasteiger charge is 1.85. The molecule has 13 heteroatoms. The standard InChI is InChI=1S/2C4H6N4.H2O4S/c2*5-3-1-4(6)8-2-7-3;1-5(2,3)4/h2*1-2H,(H4,5,6,7,8);(H2,1,2,3,4). The number of aromatic nitrogens is 4. The number of nitrogens with zero attached hydrogens (tertiary/aromatic N) is 4. The van der Waals surface area contributed by atoms with Gasteiger partial charge in [-0.2, -0.15) is 8.42 Å². The Labute approximate surface area is 119 Å². The SMILES string of the molecule is Nc1cc(N)ncn1.Nc1cc(N)ncn1.O=S(=O)(O)O. The molecule has 2 rings (SSSR count). The molecule has 0 radical (unpaired) electrons. The molecule has 0 saturated heterocycles. The summed E-state index contributed by atoms with van der Waals surface area (Å²) in [5.41, 5.74) is 20.9. The molecule has 0 aliphatic rings. The molecule has 0 spiro atoms. The fourth-order valence-electron chi connectivity index (χ4n) is 0.777. The summed E-state index contributed by atoms with van der Waals surface area (Å²) in [5, 5.41) is 0. The first-order valence-corrected chi connectivity index (χ1v) is 6.33. The van der Waals surface area contributed by atoms with Gasteiger partial charge in [0.15, 0.2) is 0 Å². The van der Waals surface area contributed by atoms with E-state index in [1.165, 1.54) is 24.8 Å². The largest absolute Gasteiger partial charge is 0.394 e. The molecule has 0 amide bonds. The van der Waals surface area contributed by atoms with Crippen molar-refractivity contribution in [3.63, 3.8) is 0 Å². The predicted molar refractivity (Wildman–Crippen MR) is 75.9 cm³/mol. The van der Waals surface area contributed by atoms with Crippen molar-refractivity contribution in [2.24, 2.45) is 0 Å². The summed E-state index contributed by atoms with van der Waals surface area (Å²) in [7, 11) is -4.67. The number of hydrogen-bond donors (Lipinski definition) is 6. The molecule has 2 aromatic heterocycles. The fraction of sp³-hybridized carbons (Fsp3) is 0. The maximum atomic E-state index is 8.74. The molecule has 12 nitrogen and oxygen atoms in total. The average Bonchev–Trinajstić information content (AvgIpc) is 2.26. The average molecular weight is 318 g/mol. The van der Waals surface area contributed by atoms with Gasteiger partial charge >= 0.3 is 10.4 Å². The summed E-state index contributed by atoms with van der Waals surface area (Å²) >= 11 is 0. The van der Waals surface area contributed by atoms with Gasteiger partial charge in [0.25, 0.3) is 0 Å². The third kappa shape index (κ3) is 13.5. The molecule has 0 aromatic carbocycles. The van der Waals surface area contributed by atoms with Gasteiger partial charge in [-0.05, 0) is 0 Å². The van der Waals surface area contributed by atoms with Crippen LogP contribution in [0.15, 0.2) is 24.8 Å². The number of nitrogen functional groups attached to an aromatic ring is 4. The van der Waals surface area contributed by atoms with E-state index in [2.05, 4.69) is 19.9 Å². The Morgan fingerprint density at radius 3 is 1.00 bits per heavy atom. The quantitative estimate of drug-likeness (QED) is 0.309. The second-order valence-corrected chi connectivity index (χ2v) is 4.08. The monoisotopic (exact) mass is 318 g/mol. The normalized spacial score (nSPS) is 9.62. The minimum Gasteiger partial charge on any atom is -0.384 e. The second-order valence-electron chi connectivity index (χ2n) is 3.18. The summed E-state index contributed by atoms with van der Waals surface area (Å²) in [6, 6.07) is 3.00. The van der Waals surface area contributed by atoms with E-state index in [4.69, 9.17) is 40.5 Å². The van der Waals surface area contributed by atoms with Gasteiger partial charge in [-0.15, -0.1) is 0 Å². The van der Waals surface area contributed by atoms with E-state index in [0.29, 0.717) is 23.3 Å². The smallest absolute Gasteiger partial charge is 0.384 e. The molecule has 0 aliphatic heterocycles. The Bertz CT molecular complexity index is 579. The molecule has 0 fully saturated rings. The van der Waals surface area contributed by atoms with Crippen molar-refractivity contribution < 1.29 is 17.5 Å². The van der Waals surface area contributed by atoms with Crippen molar-refractivity contribution in [3.05, 3.63) is 24.8 Å². The molecule has 0 saturated carbocycles. The fourth-order valence-corrected chi connectivity index (χ4v) is 0.777. The molecule has 116 valence electrons. The number of hydrogen-bond acceptors (Lipinski definition) is 10. The van der Waals surface area contributed by atoms with Crippen molar-refractivity contribution >= 4 is 33.7 Å². The third-order valence-electron chi connectivity index (χ3n) is 1.42. The van der Waals surface area contributed by atoms with Crippen LogP contribution in [0.4, 0.5) is 23.3 Å². The van der Waals surface area contributed by atoms with Crippen molar-refractivity contribution in [1.82, 2.24) is 19.9 Å². The molecule has 0 aliphatic carbocycles. The van der Waals surface area contributed by atoms with E-state index in [-0.39, 0.29) is 0 Å². The van der Waals surface area contributed by atoms with Gasteiger partial charge in [-0.25, -0.2) is 19.9 Å². The van der Waals surface area contributed by atoms with Crippen LogP contribution in [0.1, 0.15) is 0 Å². The van der Waals surface area contributed by atoms with Gasteiger partial charge in [-0.3, -0.25) is 9.11 Å². The summed E-state index contributed by atoms with van der Waals surface area (Å²) in [4.78, 5) is 14.5. The number of nitrogens with two attached hydrogens (primary N) is 4.